The number of hydrogen-bond donors (Lipinski definition) is 0. The number of fused-ring (bicyclic) bond motifs is 3. The summed E-state index contributed by atoms with van der Waals surface area (Å²) < 4.78 is 0. The Morgan fingerprint density at radius 1 is 0.750 bits per heavy atom. The summed E-state index contributed by atoms with van der Waals surface area (Å²) in [5.41, 5.74) is 2.79. The summed E-state index contributed by atoms with van der Waals surface area (Å²) in [6.07, 6.45) is 3.90. The SMILES string of the molecule is CC(C)(C)C1c2cnc(cn2)C1C(C)(C)C. The Balaban J connectivity index is 2.53. The highest BCUT2D eigenvalue weighted by molar-refractivity contribution is 5.27. The predicted molar refractivity (Wildman–Crippen MR) is 66.4 cm³/mol. The van der Waals surface area contributed by atoms with Crippen molar-refractivity contribution in [2.24, 2.45) is 10.8 Å². The first-order valence-corrected chi connectivity index (χ1v) is 6.03. The van der Waals surface area contributed by atoms with Crippen LogP contribution in [-0.4, -0.2) is 9.97 Å². The zero-order valence-corrected chi connectivity index (χ0v) is 11.2. The molecule has 2 nitrogen and oxygen atoms in total. The van der Waals surface area contributed by atoms with Crippen LogP contribution in [0.1, 0.15) is 64.8 Å². The van der Waals surface area contributed by atoms with Gasteiger partial charge in [-0.1, -0.05) is 41.5 Å². The number of aromatic nitrogens is 2. The fraction of sp³-hybridized carbons (Fsp3) is 0.714. The van der Waals surface area contributed by atoms with Crippen molar-refractivity contribution in [2.45, 2.75) is 53.4 Å². The lowest BCUT2D eigenvalue weighted by Crippen LogP contribution is -2.36. The second-order valence-electron chi connectivity index (χ2n) is 7.05. The van der Waals surface area contributed by atoms with Gasteiger partial charge in [0, 0.05) is 24.2 Å². The van der Waals surface area contributed by atoms with E-state index in [-0.39, 0.29) is 10.8 Å². The molecule has 2 heteroatoms. The molecule has 0 spiro atoms. The first kappa shape index (κ1) is 11.6. The minimum Gasteiger partial charge on any atom is -0.257 e. The summed E-state index contributed by atoms with van der Waals surface area (Å²) in [4.78, 5) is 9.03. The lowest BCUT2D eigenvalue weighted by molar-refractivity contribution is 0.170. The van der Waals surface area contributed by atoms with Crippen LogP contribution in [0.4, 0.5) is 0 Å². The van der Waals surface area contributed by atoms with Crippen LogP contribution in [0.15, 0.2) is 12.4 Å². The molecule has 3 rings (SSSR count). The van der Waals surface area contributed by atoms with Gasteiger partial charge >= 0.3 is 0 Å². The Morgan fingerprint density at radius 3 is 1.25 bits per heavy atom. The summed E-state index contributed by atoms with van der Waals surface area (Å²) in [7, 11) is 0. The molecule has 0 amide bonds. The maximum atomic E-state index is 4.51. The topological polar surface area (TPSA) is 25.8 Å². The molecular formula is C14H22N2. The highest BCUT2D eigenvalue weighted by atomic mass is 14.9. The van der Waals surface area contributed by atoms with Crippen LogP contribution in [0, 0.1) is 10.8 Å². The highest BCUT2D eigenvalue weighted by Crippen LogP contribution is 2.53. The van der Waals surface area contributed by atoms with Crippen LogP contribution in [0.2, 0.25) is 0 Å². The smallest absolute Gasteiger partial charge is 0.0629 e. The normalized spacial score (nSPS) is 24.9. The van der Waals surface area contributed by atoms with Gasteiger partial charge in [-0.25, -0.2) is 0 Å². The zero-order valence-electron chi connectivity index (χ0n) is 11.2. The van der Waals surface area contributed by atoms with Crippen LogP contribution in [0.5, 0.6) is 0 Å². The zero-order chi connectivity index (χ0) is 12.1. The minimum atomic E-state index is 0.239. The summed E-state index contributed by atoms with van der Waals surface area (Å²) in [5.74, 6) is 0.981. The van der Waals surface area contributed by atoms with Crippen molar-refractivity contribution in [2.75, 3.05) is 0 Å². The van der Waals surface area contributed by atoms with E-state index in [1.165, 1.54) is 0 Å². The molecule has 0 N–H and O–H groups in total. The number of rotatable bonds is 0. The van der Waals surface area contributed by atoms with Gasteiger partial charge in [0.25, 0.3) is 0 Å². The van der Waals surface area contributed by atoms with Gasteiger partial charge in [-0.2, -0.15) is 0 Å². The van der Waals surface area contributed by atoms with Crippen molar-refractivity contribution in [1.29, 1.82) is 0 Å². The van der Waals surface area contributed by atoms with Gasteiger partial charge in [0.05, 0.1) is 11.4 Å². The van der Waals surface area contributed by atoms with Crippen LogP contribution in [0.3, 0.4) is 0 Å². The fourth-order valence-electron chi connectivity index (χ4n) is 2.90. The molecule has 0 aliphatic carbocycles. The summed E-state index contributed by atoms with van der Waals surface area (Å²) in [6, 6.07) is 0. The van der Waals surface area contributed by atoms with E-state index < -0.39 is 0 Å². The molecule has 0 fully saturated rings. The molecule has 2 aliphatic heterocycles. The van der Waals surface area contributed by atoms with E-state index in [0.29, 0.717) is 11.8 Å². The van der Waals surface area contributed by atoms with E-state index >= 15 is 0 Å². The van der Waals surface area contributed by atoms with Crippen molar-refractivity contribution >= 4 is 0 Å². The standard InChI is InChI=1S/C14H22N2/c1-13(2,3)11-9-7-16-10(8-15-9)12(11)14(4,5)6/h7-8,11-12H,1-6H3. The predicted octanol–water partition coefficient (Wildman–Crippen LogP) is 3.75. The third-order valence-corrected chi connectivity index (χ3v) is 3.53. The van der Waals surface area contributed by atoms with Crippen molar-refractivity contribution in [1.82, 2.24) is 9.97 Å². The molecule has 1 aromatic rings. The molecule has 3 heterocycles. The summed E-state index contributed by atoms with van der Waals surface area (Å²) in [6.45, 7) is 13.8. The second-order valence-corrected chi connectivity index (χ2v) is 7.05. The lowest BCUT2D eigenvalue weighted by atomic mass is 9.61. The molecule has 0 saturated heterocycles. The van der Waals surface area contributed by atoms with Crippen molar-refractivity contribution in [3.05, 3.63) is 23.8 Å². The summed E-state index contributed by atoms with van der Waals surface area (Å²) >= 11 is 0. The third-order valence-electron chi connectivity index (χ3n) is 3.53. The maximum Gasteiger partial charge on any atom is 0.0629 e. The van der Waals surface area contributed by atoms with Crippen LogP contribution in [0.25, 0.3) is 0 Å². The van der Waals surface area contributed by atoms with E-state index in [4.69, 9.17) is 0 Å². The number of hydrogen-bond acceptors (Lipinski definition) is 2. The van der Waals surface area contributed by atoms with Crippen molar-refractivity contribution < 1.29 is 0 Å². The third kappa shape index (κ3) is 1.74. The molecule has 0 radical (unpaired) electrons. The molecular weight excluding hydrogens is 196 g/mol. The van der Waals surface area contributed by atoms with Crippen LogP contribution >= 0.6 is 0 Å². The van der Waals surface area contributed by atoms with Gasteiger partial charge in [-0.05, 0) is 10.8 Å². The average molecular weight is 218 g/mol. The van der Waals surface area contributed by atoms with Crippen molar-refractivity contribution in [3.63, 3.8) is 0 Å². The Morgan fingerprint density at radius 2 is 1.06 bits per heavy atom. The molecule has 2 aliphatic rings. The van der Waals surface area contributed by atoms with E-state index in [1.807, 2.05) is 12.4 Å². The first-order chi connectivity index (χ1) is 7.21. The molecule has 2 atom stereocenters. The maximum absolute atomic E-state index is 4.51. The molecule has 88 valence electrons. The van der Waals surface area contributed by atoms with Gasteiger partial charge in [0.15, 0.2) is 0 Å². The van der Waals surface area contributed by atoms with E-state index in [0.717, 1.165) is 11.4 Å². The molecule has 16 heavy (non-hydrogen) atoms. The van der Waals surface area contributed by atoms with E-state index in [9.17, 15) is 0 Å². The second kappa shape index (κ2) is 3.28. The largest absolute Gasteiger partial charge is 0.257 e. The molecule has 0 saturated carbocycles. The first-order valence-electron chi connectivity index (χ1n) is 6.03. The monoisotopic (exact) mass is 218 g/mol. The summed E-state index contributed by atoms with van der Waals surface area (Å²) in [5, 5.41) is 0. The van der Waals surface area contributed by atoms with Gasteiger partial charge < -0.3 is 0 Å². The Hall–Kier alpha value is -0.920. The van der Waals surface area contributed by atoms with Crippen LogP contribution < -0.4 is 0 Å². The quantitative estimate of drug-likeness (QED) is 0.662. The Bertz CT molecular complexity index is 340. The van der Waals surface area contributed by atoms with Gasteiger partial charge in [-0.3, -0.25) is 9.97 Å². The molecule has 0 aromatic carbocycles. The van der Waals surface area contributed by atoms with Crippen LogP contribution in [-0.2, 0) is 0 Å². The van der Waals surface area contributed by atoms with Crippen molar-refractivity contribution in [3.8, 4) is 0 Å². The lowest BCUT2D eigenvalue weighted by Gasteiger charge is -2.45. The molecule has 2 bridgehead atoms. The molecule has 1 aromatic heterocycles. The minimum absolute atomic E-state index is 0.239. The number of nitrogens with zero attached hydrogens (tertiary/aromatic N) is 2. The van der Waals surface area contributed by atoms with Gasteiger partial charge in [0.2, 0.25) is 0 Å². The molecule has 2 unspecified atom stereocenters. The van der Waals surface area contributed by atoms with E-state index in [1.54, 1.807) is 0 Å². The van der Waals surface area contributed by atoms with Gasteiger partial charge in [0.1, 0.15) is 0 Å². The van der Waals surface area contributed by atoms with Gasteiger partial charge in [-0.15, -0.1) is 0 Å². The highest BCUT2D eigenvalue weighted by Gasteiger charge is 2.44. The Labute approximate surface area is 98.5 Å². The van der Waals surface area contributed by atoms with E-state index in [2.05, 4.69) is 51.5 Å². The fourth-order valence-corrected chi connectivity index (χ4v) is 2.90. The Kier molecular flexibility index (Phi) is 2.37. The average Bonchev–Trinajstić information content (AvgIpc) is 2.15.